The van der Waals surface area contributed by atoms with Gasteiger partial charge in [0, 0.05) is 18.9 Å². The third-order valence-corrected chi connectivity index (χ3v) is 3.50. The van der Waals surface area contributed by atoms with E-state index in [1.54, 1.807) is 4.68 Å². The fraction of sp³-hybridized carbons (Fsp3) is 0.200. The number of rotatable bonds is 4. The van der Waals surface area contributed by atoms with Gasteiger partial charge >= 0.3 is 0 Å². The van der Waals surface area contributed by atoms with Crippen molar-refractivity contribution in [3.05, 3.63) is 36.5 Å². The van der Waals surface area contributed by atoms with Crippen molar-refractivity contribution in [3.63, 3.8) is 0 Å². The number of halogens is 1. The zero-order valence-corrected chi connectivity index (χ0v) is 10.4. The molecule has 0 aliphatic carbocycles. The maximum Gasteiger partial charge on any atom is 0.282 e. The Labute approximate surface area is 104 Å². The molecule has 8 heteroatoms. The van der Waals surface area contributed by atoms with Crippen LogP contribution in [0.4, 0.5) is 10.1 Å². The van der Waals surface area contributed by atoms with E-state index in [9.17, 15) is 12.8 Å². The molecule has 0 aromatic carbocycles. The topological polar surface area (TPSA) is 76.9 Å². The van der Waals surface area contributed by atoms with Crippen molar-refractivity contribution in [1.82, 2.24) is 14.8 Å². The summed E-state index contributed by atoms with van der Waals surface area (Å²) in [5.41, 5.74) is 0.266. The second-order valence-corrected chi connectivity index (χ2v) is 5.08. The van der Waals surface area contributed by atoms with Crippen LogP contribution in [0.1, 0.15) is 6.92 Å². The predicted octanol–water partition coefficient (Wildman–Crippen LogP) is 1.24. The van der Waals surface area contributed by atoms with Crippen LogP contribution in [-0.2, 0) is 16.6 Å². The van der Waals surface area contributed by atoms with E-state index in [-0.39, 0.29) is 5.69 Å². The first-order valence-electron chi connectivity index (χ1n) is 5.18. The van der Waals surface area contributed by atoms with Crippen LogP contribution in [0.15, 0.2) is 35.7 Å². The standard InChI is InChI=1S/C10H11FN4O2S/c1-2-15-7-8(6-13-15)14-18(16,17)10-9(11)4-3-5-12-10/h3-7,14H,2H2,1H3. The van der Waals surface area contributed by atoms with Gasteiger partial charge in [0.1, 0.15) is 0 Å². The number of hydrogen-bond donors (Lipinski definition) is 1. The quantitative estimate of drug-likeness (QED) is 0.906. The molecule has 1 N–H and O–H groups in total. The van der Waals surface area contributed by atoms with Crippen molar-refractivity contribution in [2.75, 3.05) is 4.72 Å². The minimum Gasteiger partial charge on any atom is -0.275 e. The van der Waals surface area contributed by atoms with Crippen LogP contribution in [0.2, 0.25) is 0 Å². The maximum atomic E-state index is 13.4. The Balaban J connectivity index is 2.30. The third-order valence-electron chi connectivity index (χ3n) is 2.19. The summed E-state index contributed by atoms with van der Waals surface area (Å²) in [6, 6.07) is 2.36. The second kappa shape index (κ2) is 4.73. The number of sulfonamides is 1. The first-order chi connectivity index (χ1) is 8.53. The number of nitrogens with one attached hydrogen (secondary N) is 1. The van der Waals surface area contributed by atoms with E-state index in [2.05, 4.69) is 14.8 Å². The average molecular weight is 270 g/mol. The van der Waals surface area contributed by atoms with E-state index in [1.807, 2.05) is 6.92 Å². The summed E-state index contributed by atoms with van der Waals surface area (Å²) < 4.78 is 40.9. The van der Waals surface area contributed by atoms with Gasteiger partial charge in [-0.1, -0.05) is 0 Å². The van der Waals surface area contributed by atoms with Crippen LogP contribution < -0.4 is 4.72 Å². The van der Waals surface area contributed by atoms with E-state index < -0.39 is 20.9 Å². The average Bonchev–Trinajstić information content (AvgIpc) is 2.76. The highest BCUT2D eigenvalue weighted by Crippen LogP contribution is 2.15. The molecule has 0 bridgehead atoms. The minimum absolute atomic E-state index is 0.266. The molecule has 0 spiro atoms. The van der Waals surface area contributed by atoms with Crippen LogP contribution in [0.3, 0.4) is 0 Å². The van der Waals surface area contributed by atoms with Crippen LogP contribution in [0.25, 0.3) is 0 Å². The van der Waals surface area contributed by atoms with E-state index in [0.717, 1.165) is 6.07 Å². The molecule has 2 heterocycles. The van der Waals surface area contributed by atoms with Gasteiger partial charge in [-0.15, -0.1) is 0 Å². The lowest BCUT2D eigenvalue weighted by molar-refractivity contribution is 0.557. The molecule has 2 rings (SSSR count). The number of pyridine rings is 1. The first kappa shape index (κ1) is 12.5. The lowest BCUT2D eigenvalue weighted by atomic mass is 10.5. The molecule has 0 radical (unpaired) electrons. The summed E-state index contributed by atoms with van der Waals surface area (Å²) in [5, 5.41) is 3.28. The fourth-order valence-electron chi connectivity index (χ4n) is 1.36. The molecule has 0 fully saturated rings. The SMILES string of the molecule is CCn1cc(NS(=O)(=O)c2ncccc2F)cn1. The molecule has 0 aliphatic heterocycles. The van der Waals surface area contributed by atoms with Crippen molar-refractivity contribution >= 4 is 15.7 Å². The summed E-state index contributed by atoms with van der Waals surface area (Å²) in [7, 11) is -4.03. The Hall–Kier alpha value is -1.96. The van der Waals surface area contributed by atoms with Gasteiger partial charge in [-0.3, -0.25) is 9.40 Å². The highest BCUT2D eigenvalue weighted by atomic mass is 32.2. The van der Waals surface area contributed by atoms with Gasteiger partial charge in [-0.2, -0.15) is 13.5 Å². The Morgan fingerprint density at radius 3 is 2.89 bits per heavy atom. The Kier molecular flexibility index (Phi) is 3.28. The highest BCUT2D eigenvalue weighted by molar-refractivity contribution is 7.92. The summed E-state index contributed by atoms with van der Waals surface area (Å²) >= 11 is 0. The number of nitrogens with zero attached hydrogens (tertiary/aromatic N) is 3. The number of aromatic nitrogens is 3. The van der Waals surface area contributed by atoms with Crippen molar-refractivity contribution < 1.29 is 12.8 Å². The van der Waals surface area contributed by atoms with E-state index in [0.29, 0.717) is 6.54 Å². The Morgan fingerprint density at radius 1 is 1.50 bits per heavy atom. The van der Waals surface area contributed by atoms with Crippen molar-refractivity contribution in [3.8, 4) is 0 Å². The third kappa shape index (κ3) is 2.48. The van der Waals surface area contributed by atoms with Crippen molar-refractivity contribution in [2.24, 2.45) is 0 Å². The molecule has 18 heavy (non-hydrogen) atoms. The predicted molar refractivity (Wildman–Crippen MR) is 62.9 cm³/mol. The van der Waals surface area contributed by atoms with Crippen LogP contribution in [-0.4, -0.2) is 23.2 Å². The molecule has 0 amide bonds. The summed E-state index contributed by atoms with van der Waals surface area (Å²) in [6.07, 6.45) is 4.08. The molecule has 2 aromatic heterocycles. The number of aryl methyl sites for hydroxylation is 1. The molecular formula is C10H11FN4O2S. The largest absolute Gasteiger partial charge is 0.282 e. The number of hydrogen-bond acceptors (Lipinski definition) is 4. The molecule has 96 valence electrons. The van der Waals surface area contributed by atoms with E-state index in [4.69, 9.17) is 0 Å². The van der Waals surface area contributed by atoms with Gasteiger partial charge in [-0.25, -0.2) is 9.37 Å². The smallest absolute Gasteiger partial charge is 0.275 e. The van der Waals surface area contributed by atoms with Crippen LogP contribution in [0, 0.1) is 5.82 Å². The Morgan fingerprint density at radius 2 is 2.28 bits per heavy atom. The summed E-state index contributed by atoms with van der Waals surface area (Å²) in [5.74, 6) is -0.895. The van der Waals surface area contributed by atoms with Gasteiger partial charge in [0.05, 0.1) is 11.9 Å². The highest BCUT2D eigenvalue weighted by Gasteiger charge is 2.20. The second-order valence-electron chi connectivity index (χ2n) is 3.48. The zero-order chi connectivity index (χ0) is 13.2. The normalized spacial score (nSPS) is 11.4. The lowest BCUT2D eigenvalue weighted by Gasteiger charge is -2.05. The molecule has 6 nitrogen and oxygen atoms in total. The van der Waals surface area contributed by atoms with Gasteiger partial charge in [0.15, 0.2) is 5.82 Å². The summed E-state index contributed by atoms with van der Waals surface area (Å²) in [6.45, 7) is 2.48. The lowest BCUT2D eigenvalue weighted by Crippen LogP contribution is -2.15. The molecule has 0 unspecified atom stereocenters. The van der Waals surface area contributed by atoms with Gasteiger partial charge in [0.2, 0.25) is 5.03 Å². The monoisotopic (exact) mass is 270 g/mol. The van der Waals surface area contributed by atoms with E-state index >= 15 is 0 Å². The van der Waals surface area contributed by atoms with Crippen molar-refractivity contribution in [1.29, 1.82) is 0 Å². The first-order valence-corrected chi connectivity index (χ1v) is 6.67. The fourth-order valence-corrected chi connectivity index (χ4v) is 2.40. The molecule has 0 saturated carbocycles. The molecule has 0 saturated heterocycles. The molecular weight excluding hydrogens is 259 g/mol. The summed E-state index contributed by atoms with van der Waals surface area (Å²) in [4.78, 5) is 3.52. The van der Waals surface area contributed by atoms with Gasteiger partial charge < -0.3 is 0 Å². The van der Waals surface area contributed by atoms with Crippen LogP contribution >= 0.6 is 0 Å². The van der Waals surface area contributed by atoms with Crippen molar-refractivity contribution in [2.45, 2.75) is 18.5 Å². The van der Waals surface area contributed by atoms with Gasteiger partial charge in [-0.05, 0) is 19.1 Å². The molecule has 0 aliphatic rings. The Bertz CT molecular complexity index is 653. The van der Waals surface area contributed by atoms with Gasteiger partial charge in [0.25, 0.3) is 10.0 Å². The minimum atomic E-state index is -4.03. The number of anilines is 1. The van der Waals surface area contributed by atoms with E-state index in [1.165, 1.54) is 24.7 Å². The molecule has 2 aromatic rings. The molecule has 0 atom stereocenters. The zero-order valence-electron chi connectivity index (χ0n) is 9.54. The maximum absolute atomic E-state index is 13.4. The van der Waals surface area contributed by atoms with Crippen LogP contribution in [0.5, 0.6) is 0 Å².